The van der Waals surface area contributed by atoms with Crippen LogP contribution in [-0.2, 0) is 0 Å². The van der Waals surface area contributed by atoms with Gasteiger partial charge in [-0.3, -0.25) is 0 Å². The van der Waals surface area contributed by atoms with Gasteiger partial charge in [0.25, 0.3) is 0 Å². The van der Waals surface area contributed by atoms with E-state index < -0.39 is 0 Å². The highest BCUT2D eigenvalue weighted by Crippen LogP contribution is 2.24. The maximum absolute atomic E-state index is 8.04. The van der Waals surface area contributed by atoms with Crippen molar-refractivity contribution in [1.82, 2.24) is 15.3 Å². The molecule has 0 saturated carbocycles. The van der Waals surface area contributed by atoms with Crippen molar-refractivity contribution < 1.29 is 0 Å². The lowest BCUT2D eigenvalue weighted by Gasteiger charge is -2.16. The smallest absolute Gasteiger partial charge is 0.222 e. The van der Waals surface area contributed by atoms with Crippen molar-refractivity contribution in [3.8, 4) is 0 Å². The minimum absolute atomic E-state index is 0.205. The van der Waals surface area contributed by atoms with Crippen LogP contribution < -0.4 is 5.32 Å². The van der Waals surface area contributed by atoms with Crippen molar-refractivity contribution in [2.24, 2.45) is 0 Å². The lowest BCUT2D eigenvalue weighted by atomic mass is 9.94. The second-order valence-corrected chi connectivity index (χ2v) is 4.71. The number of likely N-dealkylation sites (N-methyl/N-ethyl adjacent to an activating group) is 1. The molecular formula is C15H15ClN4. The van der Waals surface area contributed by atoms with Crippen molar-refractivity contribution in [1.29, 1.82) is 5.41 Å². The zero-order chi connectivity index (χ0) is 14.7. The van der Waals surface area contributed by atoms with Gasteiger partial charge in [0, 0.05) is 30.1 Å². The maximum Gasteiger partial charge on any atom is 0.222 e. The quantitative estimate of drug-likeness (QED) is 0.839. The number of allylic oxidation sites excluding steroid dienone is 6. The van der Waals surface area contributed by atoms with Crippen LogP contribution in [0, 0.1) is 5.41 Å². The molecule has 20 heavy (non-hydrogen) atoms. The first kappa shape index (κ1) is 14.2. The van der Waals surface area contributed by atoms with Crippen LogP contribution in [0.15, 0.2) is 53.9 Å². The van der Waals surface area contributed by atoms with E-state index in [0.717, 1.165) is 28.1 Å². The molecule has 0 atom stereocenters. The SMILES string of the molecule is C=C(C)/C(NC)=C1\C=C(c2ccnc(Cl)n2)C=CC1=N. The average molecular weight is 287 g/mol. The Kier molecular flexibility index (Phi) is 4.15. The fourth-order valence-corrected chi connectivity index (χ4v) is 2.13. The normalized spacial score (nSPS) is 16.8. The van der Waals surface area contributed by atoms with E-state index in [1.807, 2.05) is 26.1 Å². The first-order chi connectivity index (χ1) is 9.52. The van der Waals surface area contributed by atoms with E-state index in [9.17, 15) is 0 Å². The van der Waals surface area contributed by atoms with Gasteiger partial charge >= 0.3 is 0 Å². The highest BCUT2D eigenvalue weighted by Gasteiger charge is 2.14. The Hall–Kier alpha value is -2.20. The molecular weight excluding hydrogens is 272 g/mol. The van der Waals surface area contributed by atoms with Crippen LogP contribution in [0.5, 0.6) is 0 Å². The summed E-state index contributed by atoms with van der Waals surface area (Å²) in [5.41, 5.74) is 4.54. The maximum atomic E-state index is 8.04. The molecule has 1 heterocycles. The zero-order valence-electron chi connectivity index (χ0n) is 11.4. The van der Waals surface area contributed by atoms with E-state index in [1.54, 1.807) is 18.3 Å². The van der Waals surface area contributed by atoms with Gasteiger partial charge in [-0.05, 0) is 42.3 Å². The number of aromatic nitrogens is 2. The predicted octanol–water partition coefficient (Wildman–Crippen LogP) is 3.15. The topological polar surface area (TPSA) is 61.7 Å². The molecule has 4 nitrogen and oxygen atoms in total. The minimum atomic E-state index is 0.205. The van der Waals surface area contributed by atoms with E-state index in [0.29, 0.717) is 5.71 Å². The third-order valence-electron chi connectivity index (χ3n) is 2.89. The van der Waals surface area contributed by atoms with Gasteiger partial charge in [0.2, 0.25) is 5.28 Å². The Morgan fingerprint density at radius 1 is 1.40 bits per heavy atom. The summed E-state index contributed by atoms with van der Waals surface area (Å²) >= 11 is 5.82. The Bertz CT molecular complexity index is 668. The minimum Gasteiger partial charge on any atom is -0.387 e. The number of nitrogens with zero attached hydrogens (tertiary/aromatic N) is 2. The van der Waals surface area contributed by atoms with Gasteiger partial charge in [-0.1, -0.05) is 12.7 Å². The number of nitrogens with one attached hydrogen (secondary N) is 2. The summed E-state index contributed by atoms with van der Waals surface area (Å²) in [4.78, 5) is 8.06. The first-order valence-electron chi connectivity index (χ1n) is 6.08. The molecule has 2 rings (SSSR count). The Morgan fingerprint density at radius 3 is 2.75 bits per heavy atom. The van der Waals surface area contributed by atoms with Crippen LogP contribution in [0.3, 0.4) is 0 Å². The van der Waals surface area contributed by atoms with Gasteiger partial charge in [-0.15, -0.1) is 0 Å². The molecule has 1 aromatic rings. The molecule has 0 unspecified atom stereocenters. The van der Waals surface area contributed by atoms with Crippen molar-refractivity contribution >= 4 is 22.9 Å². The van der Waals surface area contributed by atoms with E-state index in [4.69, 9.17) is 17.0 Å². The lowest BCUT2D eigenvalue weighted by molar-refractivity contribution is 0.992. The molecule has 0 bridgehead atoms. The molecule has 1 aliphatic rings. The van der Waals surface area contributed by atoms with Gasteiger partial charge in [-0.25, -0.2) is 9.97 Å². The fraction of sp³-hybridized carbons (Fsp3) is 0.133. The zero-order valence-corrected chi connectivity index (χ0v) is 12.1. The standard InChI is InChI=1S/C15H15ClN4/c1-9(2)14(18-3)11-8-10(4-5-12(11)17)13-6-7-19-15(16)20-13/h4-8,17-18H,1H2,2-3H3/b14-11-,17-12?. The molecule has 0 radical (unpaired) electrons. The van der Waals surface area contributed by atoms with Crippen molar-refractivity contribution in [3.05, 3.63) is 64.9 Å². The molecule has 0 aromatic carbocycles. The third-order valence-corrected chi connectivity index (χ3v) is 3.07. The molecule has 0 spiro atoms. The lowest BCUT2D eigenvalue weighted by Crippen LogP contribution is -2.15. The van der Waals surface area contributed by atoms with E-state index >= 15 is 0 Å². The summed E-state index contributed by atoms with van der Waals surface area (Å²) in [6.45, 7) is 5.83. The summed E-state index contributed by atoms with van der Waals surface area (Å²) in [7, 11) is 1.82. The van der Waals surface area contributed by atoms with Crippen LogP contribution in [-0.4, -0.2) is 22.7 Å². The Morgan fingerprint density at radius 2 is 2.15 bits per heavy atom. The van der Waals surface area contributed by atoms with E-state index in [2.05, 4.69) is 21.9 Å². The molecule has 102 valence electrons. The summed E-state index contributed by atoms with van der Waals surface area (Å²) in [6.07, 6.45) is 7.10. The van der Waals surface area contributed by atoms with Crippen molar-refractivity contribution in [3.63, 3.8) is 0 Å². The Labute approximate surface area is 123 Å². The van der Waals surface area contributed by atoms with E-state index in [1.165, 1.54) is 0 Å². The summed E-state index contributed by atoms with van der Waals surface area (Å²) in [6, 6.07) is 1.79. The molecule has 1 aliphatic carbocycles. The largest absolute Gasteiger partial charge is 0.387 e. The average Bonchev–Trinajstić information content (AvgIpc) is 2.41. The number of hydrogen-bond acceptors (Lipinski definition) is 4. The van der Waals surface area contributed by atoms with Crippen molar-refractivity contribution in [2.75, 3.05) is 7.05 Å². The molecule has 0 amide bonds. The number of hydrogen-bond donors (Lipinski definition) is 2. The predicted molar refractivity (Wildman–Crippen MR) is 82.8 cm³/mol. The van der Waals surface area contributed by atoms with Gasteiger partial charge in [-0.2, -0.15) is 0 Å². The fourth-order valence-electron chi connectivity index (χ4n) is 1.98. The highest BCUT2D eigenvalue weighted by atomic mass is 35.5. The molecule has 1 aromatic heterocycles. The van der Waals surface area contributed by atoms with Crippen molar-refractivity contribution in [2.45, 2.75) is 6.92 Å². The number of halogens is 1. The third kappa shape index (κ3) is 2.86. The van der Waals surface area contributed by atoms with Gasteiger partial charge < -0.3 is 10.7 Å². The first-order valence-corrected chi connectivity index (χ1v) is 6.46. The molecule has 0 fully saturated rings. The van der Waals surface area contributed by atoms with Crippen LogP contribution in [0.4, 0.5) is 0 Å². The highest BCUT2D eigenvalue weighted by molar-refractivity contribution is 6.28. The molecule has 5 heteroatoms. The van der Waals surface area contributed by atoms with Crippen LogP contribution >= 0.6 is 11.6 Å². The van der Waals surface area contributed by atoms with Gasteiger partial charge in [0.1, 0.15) is 0 Å². The Balaban J connectivity index is 2.54. The van der Waals surface area contributed by atoms with Crippen LogP contribution in [0.2, 0.25) is 5.28 Å². The molecule has 0 saturated heterocycles. The second-order valence-electron chi connectivity index (χ2n) is 4.38. The van der Waals surface area contributed by atoms with E-state index in [-0.39, 0.29) is 5.28 Å². The van der Waals surface area contributed by atoms with Crippen LogP contribution in [0.25, 0.3) is 5.57 Å². The molecule has 0 aliphatic heterocycles. The van der Waals surface area contributed by atoms with Crippen LogP contribution in [0.1, 0.15) is 12.6 Å². The second kappa shape index (κ2) is 5.84. The summed E-state index contributed by atoms with van der Waals surface area (Å²) in [5.74, 6) is 0. The summed E-state index contributed by atoms with van der Waals surface area (Å²) in [5, 5.41) is 11.3. The number of rotatable bonds is 3. The molecule has 2 N–H and O–H groups in total. The van der Waals surface area contributed by atoms with Gasteiger partial charge in [0.05, 0.1) is 11.4 Å². The van der Waals surface area contributed by atoms with Gasteiger partial charge in [0.15, 0.2) is 0 Å². The summed E-state index contributed by atoms with van der Waals surface area (Å²) < 4.78 is 0. The monoisotopic (exact) mass is 286 g/mol.